The van der Waals surface area contributed by atoms with Crippen molar-refractivity contribution in [2.75, 3.05) is 32.7 Å². The van der Waals surface area contributed by atoms with E-state index >= 15 is 0 Å². The number of nitrogens with zero attached hydrogens (tertiary/aromatic N) is 1. The molecule has 2 aliphatic heterocycles. The third-order valence-corrected chi connectivity index (χ3v) is 3.89. The smallest absolute Gasteiger partial charge is 0.237 e. The zero-order valence-corrected chi connectivity index (χ0v) is 11.2. The number of likely N-dealkylation sites (tertiary alicyclic amines) is 1. The Hall–Kier alpha value is -0.650. The first-order valence-corrected chi connectivity index (χ1v) is 7.06. The van der Waals surface area contributed by atoms with Crippen LogP contribution in [0.4, 0.5) is 0 Å². The van der Waals surface area contributed by atoms with E-state index in [1.54, 1.807) is 0 Å². The molecule has 3 N–H and O–H groups in total. The molecule has 104 valence electrons. The van der Waals surface area contributed by atoms with Gasteiger partial charge in [0.15, 0.2) is 0 Å². The quantitative estimate of drug-likeness (QED) is 0.637. The van der Waals surface area contributed by atoms with Crippen molar-refractivity contribution in [3.05, 3.63) is 0 Å². The maximum atomic E-state index is 11.8. The summed E-state index contributed by atoms with van der Waals surface area (Å²) >= 11 is 0. The minimum atomic E-state index is -0.372. The van der Waals surface area contributed by atoms with Gasteiger partial charge in [-0.05, 0) is 31.7 Å². The van der Waals surface area contributed by atoms with Crippen molar-refractivity contribution in [2.45, 2.75) is 38.3 Å². The zero-order chi connectivity index (χ0) is 13.0. The first-order chi connectivity index (χ1) is 8.65. The molecule has 2 aliphatic rings. The third kappa shape index (κ3) is 3.93. The fraction of sp³-hybridized carbons (Fsp3) is 0.923. The molecule has 18 heavy (non-hydrogen) atoms. The van der Waals surface area contributed by atoms with E-state index in [1.165, 1.54) is 12.8 Å². The number of carbonyl (C=O) groups excluding carboxylic acids is 1. The molecule has 0 bridgehead atoms. The Labute approximate surface area is 109 Å². The molecule has 0 radical (unpaired) electrons. The maximum Gasteiger partial charge on any atom is 0.237 e. The van der Waals surface area contributed by atoms with Crippen molar-refractivity contribution >= 4 is 5.91 Å². The monoisotopic (exact) mass is 255 g/mol. The van der Waals surface area contributed by atoms with E-state index in [1.807, 2.05) is 0 Å². The van der Waals surface area contributed by atoms with Crippen LogP contribution in [0.5, 0.6) is 0 Å². The van der Waals surface area contributed by atoms with Crippen LogP contribution < -0.4 is 10.6 Å². The van der Waals surface area contributed by atoms with Crippen LogP contribution >= 0.6 is 0 Å². The largest absolute Gasteiger partial charge is 0.392 e. The van der Waals surface area contributed by atoms with Crippen LogP contribution in [0.1, 0.15) is 26.2 Å². The molecule has 3 unspecified atom stereocenters. The van der Waals surface area contributed by atoms with Crippen molar-refractivity contribution in [3.8, 4) is 0 Å². The van der Waals surface area contributed by atoms with Crippen LogP contribution in [0.15, 0.2) is 0 Å². The Balaban J connectivity index is 1.61. The fourth-order valence-corrected chi connectivity index (χ4v) is 2.87. The van der Waals surface area contributed by atoms with Crippen LogP contribution in [-0.4, -0.2) is 60.8 Å². The summed E-state index contributed by atoms with van der Waals surface area (Å²) in [6.45, 7) is 6.76. The molecule has 0 aromatic carbocycles. The lowest BCUT2D eigenvalue weighted by Gasteiger charge is -2.30. The van der Waals surface area contributed by atoms with Gasteiger partial charge in [-0.3, -0.25) is 4.79 Å². The number of aliphatic hydroxyl groups is 1. The van der Waals surface area contributed by atoms with Crippen molar-refractivity contribution < 1.29 is 9.90 Å². The molecule has 1 amide bonds. The van der Waals surface area contributed by atoms with E-state index in [2.05, 4.69) is 22.5 Å². The third-order valence-electron chi connectivity index (χ3n) is 3.89. The predicted molar refractivity (Wildman–Crippen MR) is 70.3 cm³/mol. The Morgan fingerprint density at radius 3 is 3.06 bits per heavy atom. The van der Waals surface area contributed by atoms with Crippen LogP contribution in [-0.2, 0) is 4.79 Å². The van der Waals surface area contributed by atoms with Gasteiger partial charge in [0.05, 0.1) is 12.1 Å². The molecule has 0 aromatic heterocycles. The van der Waals surface area contributed by atoms with E-state index in [9.17, 15) is 9.90 Å². The summed E-state index contributed by atoms with van der Waals surface area (Å²) in [6, 6.07) is -0.208. The first kappa shape index (κ1) is 13.8. The number of hydrogen-bond acceptors (Lipinski definition) is 4. The molecule has 3 atom stereocenters. The number of nitrogens with one attached hydrogen (secondary N) is 2. The minimum absolute atomic E-state index is 0.0246. The van der Waals surface area contributed by atoms with Crippen molar-refractivity contribution in [2.24, 2.45) is 5.92 Å². The predicted octanol–water partition coefficient (Wildman–Crippen LogP) is -0.443. The molecule has 2 rings (SSSR count). The maximum absolute atomic E-state index is 11.8. The lowest BCUT2D eigenvalue weighted by atomic mass is 10.0. The van der Waals surface area contributed by atoms with Crippen molar-refractivity contribution in [1.82, 2.24) is 15.5 Å². The molecule has 0 aromatic rings. The number of rotatable bonds is 4. The van der Waals surface area contributed by atoms with Gasteiger partial charge in [-0.15, -0.1) is 0 Å². The molecule has 0 aliphatic carbocycles. The normalized spacial score (nSPS) is 33.6. The lowest BCUT2D eigenvalue weighted by Crippen LogP contribution is -2.44. The highest BCUT2D eigenvalue weighted by molar-refractivity contribution is 5.82. The van der Waals surface area contributed by atoms with Gasteiger partial charge in [0.1, 0.15) is 0 Å². The number of amides is 1. The van der Waals surface area contributed by atoms with Gasteiger partial charge in [0.2, 0.25) is 5.91 Å². The summed E-state index contributed by atoms with van der Waals surface area (Å²) in [4.78, 5) is 14.2. The number of carbonyl (C=O) groups is 1. The van der Waals surface area contributed by atoms with Crippen LogP contribution in [0, 0.1) is 5.92 Å². The van der Waals surface area contributed by atoms with Crippen molar-refractivity contribution in [1.29, 1.82) is 0 Å². The number of hydrogen-bond donors (Lipinski definition) is 3. The van der Waals surface area contributed by atoms with Gasteiger partial charge in [0.25, 0.3) is 0 Å². The molecule has 0 spiro atoms. The highest BCUT2D eigenvalue weighted by Gasteiger charge is 2.27. The van der Waals surface area contributed by atoms with Gasteiger partial charge in [-0.1, -0.05) is 6.92 Å². The van der Waals surface area contributed by atoms with Gasteiger partial charge in [-0.2, -0.15) is 0 Å². The average Bonchev–Trinajstić information content (AvgIpc) is 2.76. The van der Waals surface area contributed by atoms with E-state index in [4.69, 9.17) is 0 Å². The second kappa shape index (κ2) is 6.50. The summed E-state index contributed by atoms with van der Waals surface area (Å²) in [7, 11) is 0. The number of aliphatic hydroxyl groups excluding tert-OH is 1. The Morgan fingerprint density at radius 2 is 2.39 bits per heavy atom. The number of β-amino-alcohol motifs (C(OH)–C–C–N with tert-alkyl or cyclic N) is 1. The average molecular weight is 255 g/mol. The molecule has 2 heterocycles. The van der Waals surface area contributed by atoms with Crippen LogP contribution in [0.25, 0.3) is 0 Å². The van der Waals surface area contributed by atoms with E-state index < -0.39 is 0 Å². The molecular formula is C13H25N3O2. The van der Waals surface area contributed by atoms with Crippen LogP contribution in [0.2, 0.25) is 0 Å². The lowest BCUT2D eigenvalue weighted by molar-refractivity contribution is -0.123. The van der Waals surface area contributed by atoms with E-state index in [-0.39, 0.29) is 18.1 Å². The van der Waals surface area contributed by atoms with E-state index in [0.717, 1.165) is 25.6 Å². The SMILES string of the molecule is CC1CCCN(CCNC(=O)C2CC(O)CN2)C1. The Bertz CT molecular complexity index is 285. The molecule has 5 heteroatoms. The van der Waals surface area contributed by atoms with E-state index in [0.29, 0.717) is 19.5 Å². The molecule has 5 nitrogen and oxygen atoms in total. The van der Waals surface area contributed by atoms with Crippen LogP contribution in [0.3, 0.4) is 0 Å². The van der Waals surface area contributed by atoms with Gasteiger partial charge < -0.3 is 20.6 Å². The summed E-state index contributed by atoms with van der Waals surface area (Å²) in [5.74, 6) is 0.803. The highest BCUT2D eigenvalue weighted by Crippen LogP contribution is 2.14. The first-order valence-electron chi connectivity index (χ1n) is 7.06. The van der Waals surface area contributed by atoms with Gasteiger partial charge in [-0.25, -0.2) is 0 Å². The molecule has 2 fully saturated rings. The highest BCUT2D eigenvalue weighted by atomic mass is 16.3. The molecule has 0 saturated carbocycles. The molecule has 2 saturated heterocycles. The fourth-order valence-electron chi connectivity index (χ4n) is 2.87. The number of piperidine rings is 1. The Kier molecular flexibility index (Phi) is 4.97. The second-order valence-corrected chi connectivity index (χ2v) is 5.69. The zero-order valence-electron chi connectivity index (χ0n) is 11.2. The Morgan fingerprint density at radius 1 is 1.56 bits per heavy atom. The second-order valence-electron chi connectivity index (χ2n) is 5.69. The molecular weight excluding hydrogens is 230 g/mol. The topological polar surface area (TPSA) is 64.6 Å². The van der Waals surface area contributed by atoms with Gasteiger partial charge in [0, 0.05) is 26.2 Å². The summed E-state index contributed by atoms with van der Waals surface area (Å²) in [5, 5.41) is 15.3. The minimum Gasteiger partial charge on any atom is -0.392 e. The summed E-state index contributed by atoms with van der Waals surface area (Å²) < 4.78 is 0. The van der Waals surface area contributed by atoms with Gasteiger partial charge >= 0.3 is 0 Å². The summed E-state index contributed by atoms with van der Waals surface area (Å²) in [6.07, 6.45) is 2.76. The standard InChI is InChI=1S/C13H25N3O2/c1-10-3-2-5-16(9-10)6-4-14-13(18)12-7-11(17)8-15-12/h10-12,15,17H,2-9H2,1H3,(H,14,18). The summed E-state index contributed by atoms with van der Waals surface area (Å²) in [5.41, 5.74) is 0. The van der Waals surface area contributed by atoms with Crippen molar-refractivity contribution in [3.63, 3.8) is 0 Å².